The molecule has 3 unspecified atom stereocenters. The first-order chi connectivity index (χ1) is 13.5. The Morgan fingerprint density at radius 1 is 1.14 bits per heavy atom. The number of aryl methyl sites for hydroxylation is 1. The predicted octanol–water partition coefficient (Wildman–Crippen LogP) is 2.64. The molecular weight excluding hydrogens is 355 g/mol. The Hall–Kier alpha value is -2.28. The SMILES string of the molecule is Cc1ccccc1N1C(=O)CN(CC2CNNC2c2ccc(F)cc2)CC1C. The maximum atomic E-state index is 13.2. The lowest BCUT2D eigenvalue weighted by molar-refractivity contribution is -0.122. The number of nitrogens with zero attached hydrogens (tertiary/aromatic N) is 2. The van der Waals surface area contributed by atoms with Crippen LogP contribution in [-0.2, 0) is 4.79 Å². The molecule has 148 valence electrons. The fourth-order valence-corrected chi connectivity index (χ4v) is 4.44. The minimum atomic E-state index is -0.224. The van der Waals surface area contributed by atoms with Crippen LogP contribution in [0.25, 0.3) is 0 Å². The van der Waals surface area contributed by atoms with E-state index in [1.165, 1.54) is 12.1 Å². The monoisotopic (exact) mass is 382 g/mol. The highest BCUT2D eigenvalue weighted by atomic mass is 19.1. The third kappa shape index (κ3) is 3.81. The van der Waals surface area contributed by atoms with Gasteiger partial charge in [0.05, 0.1) is 12.6 Å². The molecule has 2 aliphatic heterocycles. The Labute approximate surface area is 165 Å². The van der Waals surface area contributed by atoms with E-state index >= 15 is 0 Å². The van der Waals surface area contributed by atoms with Gasteiger partial charge in [0.1, 0.15) is 5.82 Å². The number of para-hydroxylation sites is 1. The number of hydrogen-bond donors (Lipinski definition) is 2. The Morgan fingerprint density at radius 3 is 2.61 bits per heavy atom. The molecule has 6 heteroatoms. The topological polar surface area (TPSA) is 47.6 Å². The molecule has 0 radical (unpaired) electrons. The highest BCUT2D eigenvalue weighted by Crippen LogP contribution is 2.29. The molecule has 4 rings (SSSR count). The Kier molecular flexibility index (Phi) is 5.44. The lowest BCUT2D eigenvalue weighted by atomic mass is 9.94. The summed E-state index contributed by atoms with van der Waals surface area (Å²) in [6.45, 7) is 7.06. The maximum Gasteiger partial charge on any atom is 0.241 e. The summed E-state index contributed by atoms with van der Waals surface area (Å²) in [4.78, 5) is 17.1. The number of rotatable bonds is 4. The van der Waals surface area contributed by atoms with Gasteiger partial charge in [0.25, 0.3) is 0 Å². The lowest BCUT2D eigenvalue weighted by Crippen LogP contribution is -2.56. The second kappa shape index (κ2) is 7.99. The number of piperazine rings is 1. The van der Waals surface area contributed by atoms with Gasteiger partial charge < -0.3 is 4.90 Å². The summed E-state index contributed by atoms with van der Waals surface area (Å²) in [6, 6.07) is 14.9. The molecule has 2 aliphatic rings. The van der Waals surface area contributed by atoms with Gasteiger partial charge in [-0.3, -0.25) is 15.1 Å². The molecule has 3 atom stereocenters. The second-order valence-corrected chi connectivity index (χ2v) is 7.91. The highest BCUT2D eigenvalue weighted by molar-refractivity contribution is 5.96. The smallest absolute Gasteiger partial charge is 0.241 e. The molecular formula is C22H27FN4O. The average Bonchev–Trinajstić information content (AvgIpc) is 3.11. The van der Waals surface area contributed by atoms with Crippen molar-refractivity contribution >= 4 is 11.6 Å². The van der Waals surface area contributed by atoms with Gasteiger partial charge >= 0.3 is 0 Å². The van der Waals surface area contributed by atoms with E-state index < -0.39 is 0 Å². The number of nitrogens with one attached hydrogen (secondary N) is 2. The van der Waals surface area contributed by atoms with Crippen molar-refractivity contribution < 1.29 is 9.18 Å². The molecule has 2 fully saturated rings. The van der Waals surface area contributed by atoms with Crippen molar-refractivity contribution in [1.82, 2.24) is 15.8 Å². The molecule has 2 aromatic rings. The number of hydrazine groups is 1. The Balaban J connectivity index is 1.44. The van der Waals surface area contributed by atoms with Crippen LogP contribution >= 0.6 is 0 Å². The molecule has 0 aliphatic carbocycles. The number of carbonyl (C=O) groups excluding carboxylic acids is 1. The van der Waals surface area contributed by atoms with Crippen LogP contribution in [0, 0.1) is 18.7 Å². The van der Waals surface area contributed by atoms with E-state index in [1.807, 2.05) is 48.2 Å². The van der Waals surface area contributed by atoms with Crippen molar-refractivity contribution in [3.63, 3.8) is 0 Å². The normalized spacial score (nSPS) is 26.0. The van der Waals surface area contributed by atoms with Crippen LogP contribution < -0.4 is 15.8 Å². The van der Waals surface area contributed by atoms with Gasteiger partial charge in [-0.15, -0.1) is 0 Å². The largest absolute Gasteiger partial charge is 0.307 e. The van der Waals surface area contributed by atoms with Gasteiger partial charge in [0.2, 0.25) is 5.91 Å². The Bertz CT molecular complexity index is 841. The van der Waals surface area contributed by atoms with Crippen LogP contribution in [0.1, 0.15) is 24.1 Å². The zero-order chi connectivity index (χ0) is 19.7. The molecule has 0 spiro atoms. The number of halogens is 1. The minimum Gasteiger partial charge on any atom is -0.307 e. The summed E-state index contributed by atoms with van der Waals surface area (Å²) >= 11 is 0. The van der Waals surface area contributed by atoms with Crippen LogP contribution in [-0.4, -0.2) is 43.0 Å². The standard InChI is InChI=1S/C22H27FN4O/c1-15-5-3-4-6-20(15)27-16(2)12-26(14-21(27)28)13-18-11-24-25-22(18)17-7-9-19(23)10-8-17/h3-10,16,18,22,24-25H,11-14H2,1-2H3. The van der Waals surface area contributed by atoms with Gasteiger partial charge in [-0.25, -0.2) is 9.82 Å². The lowest BCUT2D eigenvalue weighted by Gasteiger charge is -2.41. The van der Waals surface area contributed by atoms with Crippen LogP contribution in [0.15, 0.2) is 48.5 Å². The van der Waals surface area contributed by atoms with Crippen molar-refractivity contribution in [2.24, 2.45) is 5.92 Å². The van der Waals surface area contributed by atoms with E-state index in [-0.39, 0.29) is 23.8 Å². The Morgan fingerprint density at radius 2 is 1.89 bits per heavy atom. The molecule has 5 nitrogen and oxygen atoms in total. The fraction of sp³-hybridized carbons (Fsp3) is 0.409. The maximum absolute atomic E-state index is 13.2. The first kappa shape index (κ1) is 19.1. The molecule has 0 bridgehead atoms. The van der Waals surface area contributed by atoms with E-state index in [1.54, 1.807) is 0 Å². The van der Waals surface area contributed by atoms with Gasteiger partial charge in [-0.2, -0.15) is 0 Å². The molecule has 2 heterocycles. The number of benzene rings is 2. The summed E-state index contributed by atoms with van der Waals surface area (Å²) in [5.41, 5.74) is 9.72. The van der Waals surface area contributed by atoms with E-state index in [0.29, 0.717) is 12.5 Å². The minimum absolute atomic E-state index is 0.111. The van der Waals surface area contributed by atoms with Gasteiger partial charge in [-0.1, -0.05) is 30.3 Å². The van der Waals surface area contributed by atoms with Gasteiger partial charge in [0.15, 0.2) is 0 Å². The van der Waals surface area contributed by atoms with Crippen molar-refractivity contribution in [3.8, 4) is 0 Å². The van der Waals surface area contributed by atoms with Crippen molar-refractivity contribution in [1.29, 1.82) is 0 Å². The zero-order valence-corrected chi connectivity index (χ0v) is 16.4. The summed E-state index contributed by atoms with van der Waals surface area (Å²) in [5, 5.41) is 0. The zero-order valence-electron chi connectivity index (χ0n) is 16.4. The number of hydrogen-bond acceptors (Lipinski definition) is 4. The van der Waals surface area contributed by atoms with E-state index in [9.17, 15) is 9.18 Å². The van der Waals surface area contributed by atoms with Crippen LogP contribution in [0.2, 0.25) is 0 Å². The predicted molar refractivity (Wildman–Crippen MR) is 108 cm³/mol. The van der Waals surface area contributed by atoms with E-state index in [0.717, 1.165) is 36.4 Å². The number of carbonyl (C=O) groups is 1. The summed E-state index contributed by atoms with van der Waals surface area (Å²) < 4.78 is 13.2. The third-order valence-corrected chi connectivity index (χ3v) is 5.78. The molecule has 0 aromatic heterocycles. The van der Waals surface area contributed by atoms with Crippen molar-refractivity contribution in [3.05, 3.63) is 65.5 Å². The molecule has 28 heavy (non-hydrogen) atoms. The van der Waals surface area contributed by atoms with Crippen molar-refractivity contribution in [2.45, 2.75) is 25.9 Å². The van der Waals surface area contributed by atoms with Crippen molar-refractivity contribution in [2.75, 3.05) is 31.1 Å². The van der Waals surface area contributed by atoms with Crippen LogP contribution in [0.4, 0.5) is 10.1 Å². The molecule has 2 N–H and O–H groups in total. The second-order valence-electron chi connectivity index (χ2n) is 7.91. The summed E-state index contributed by atoms with van der Waals surface area (Å²) in [6.07, 6.45) is 0. The molecule has 0 saturated carbocycles. The number of amides is 1. The van der Waals surface area contributed by atoms with Crippen LogP contribution in [0.5, 0.6) is 0 Å². The molecule has 2 aromatic carbocycles. The summed E-state index contributed by atoms with van der Waals surface area (Å²) in [5.74, 6) is 0.235. The van der Waals surface area contributed by atoms with Gasteiger partial charge in [0, 0.05) is 37.3 Å². The third-order valence-electron chi connectivity index (χ3n) is 5.78. The van der Waals surface area contributed by atoms with E-state index in [2.05, 4.69) is 22.7 Å². The quantitative estimate of drug-likeness (QED) is 0.854. The van der Waals surface area contributed by atoms with E-state index in [4.69, 9.17) is 0 Å². The highest BCUT2D eigenvalue weighted by Gasteiger charge is 2.35. The molecule has 2 saturated heterocycles. The molecule has 1 amide bonds. The first-order valence-electron chi connectivity index (χ1n) is 9.87. The van der Waals surface area contributed by atoms with Crippen LogP contribution in [0.3, 0.4) is 0 Å². The fourth-order valence-electron chi connectivity index (χ4n) is 4.44. The summed E-state index contributed by atoms with van der Waals surface area (Å²) in [7, 11) is 0. The first-order valence-corrected chi connectivity index (χ1v) is 9.87. The van der Waals surface area contributed by atoms with Gasteiger partial charge in [-0.05, 0) is 43.2 Å². The number of anilines is 1. The average molecular weight is 382 g/mol.